The Morgan fingerprint density at radius 2 is 1.80 bits per heavy atom. The lowest BCUT2D eigenvalue weighted by molar-refractivity contribution is -0.125. The van der Waals surface area contributed by atoms with E-state index in [0.717, 1.165) is 49.0 Å². The third-order valence-electron chi connectivity index (χ3n) is 7.03. The van der Waals surface area contributed by atoms with E-state index in [4.69, 9.17) is 9.47 Å². The molecule has 0 bridgehead atoms. The normalized spacial score (nSPS) is 22.1. The summed E-state index contributed by atoms with van der Waals surface area (Å²) in [5, 5.41) is 3.10. The molecule has 2 amide bonds. The third kappa shape index (κ3) is 5.61. The van der Waals surface area contributed by atoms with E-state index in [1.54, 1.807) is 25.2 Å². The van der Waals surface area contributed by atoms with E-state index in [9.17, 15) is 9.59 Å². The number of hydrogen-bond donors (Lipinski definition) is 1. The number of hydrogen-bond acceptors (Lipinski definition) is 5. The Kier molecular flexibility index (Phi) is 7.96. The molecule has 2 heterocycles. The molecule has 0 radical (unpaired) electrons. The van der Waals surface area contributed by atoms with Gasteiger partial charge in [-0.25, -0.2) is 0 Å². The van der Waals surface area contributed by atoms with Crippen molar-refractivity contribution in [3.05, 3.63) is 59.2 Å². The zero-order valence-corrected chi connectivity index (χ0v) is 21.3. The summed E-state index contributed by atoms with van der Waals surface area (Å²) >= 11 is 0. The highest BCUT2D eigenvalue weighted by atomic mass is 16.5. The number of nitrogens with zero attached hydrogens (tertiary/aromatic N) is 2. The summed E-state index contributed by atoms with van der Waals surface area (Å²) in [5.74, 6) is 2.46. The average molecular weight is 480 g/mol. The van der Waals surface area contributed by atoms with Crippen molar-refractivity contribution in [1.82, 2.24) is 15.1 Å². The molecule has 0 spiro atoms. The molecule has 0 unspecified atom stereocenters. The van der Waals surface area contributed by atoms with Crippen molar-refractivity contribution in [2.24, 2.45) is 11.8 Å². The van der Waals surface area contributed by atoms with Crippen LogP contribution < -0.4 is 14.8 Å². The van der Waals surface area contributed by atoms with Gasteiger partial charge in [-0.3, -0.25) is 9.59 Å². The first-order chi connectivity index (χ1) is 16.9. The van der Waals surface area contributed by atoms with E-state index in [1.807, 2.05) is 36.4 Å². The molecular weight excluding hydrogens is 442 g/mol. The maximum Gasteiger partial charge on any atom is 0.255 e. The highest BCUT2D eigenvalue weighted by Crippen LogP contribution is 2.37. The number of benzene rings is 2. The second-order valence-corrected chi connectivity index (χ2v) is 9.95. The van der Waals surface area contributed by atoms with Crippen molar-refractivity contribution in [2.45, 2.75) is 39.3 Å². The smallest absolute Gasteiger partial charge is 0.255 e. The second kappa shape index (κ2) is 11.1. The molecule has 2 aromatic carbocycles. The quantitative estimate of drug-likeness (QED) is 0.553. The Morgan fingerprint density at radius 3 is 2.51 bits per heavy atom. The lowest BCUT2D eigenvalue weighted by Crippen LogP contribution is -2.41. The van der Waals surface area contributed by atoms with Crippen molar-refractivity contribution in [1.29, 1.82) is 0 Å². The Bertz CT molecular complexity index is 1050. The number of amides is 2. The SMILES string of the molecule is COc1ccc(OC)c(CN2C(=O)c3ccccc3[C@H]2C(=O)NCCCN2C[C@H](C)C[C@H](C)C2)c1. The van der Waals surface area contributed by atoms with Crippen LogP contribution in [0.5, 0.6) is 11.5 Å². The standard InChI is InChI=1S/C28H37N3O4/c1-19-14-20(2)17-30(16-19)13-7-12-29-27(32)26-23-8-5-6-9-24(23)28(33)31(26)18-21-15-22(34-3)10-11-25(21)35-4/h5-6,8-11,15,19-20,26H,7,12-14,16-18H2,1-4H3,(H,29,32)/t19-,20+,26-/m0/s1. The molecular formula is C28H37N3O4. The number of rotatable bonds is 9. The van der Waals surface area contributed by atoms with Crippen LogP contribution in [0.4, 0.5) is 0 Å². The first-order valence-corrected chi connectivity index (χ1v) is 12.5. The van der Waals surface area contributed by atoms with Crippen molar-refractivity contribution in [3.63, 3.8) is 0 Å². The molecule has 1 N–H and O–H groups in total. The largest absolute Gasteiger partial charge is 0.497 e. The van der Waals surface area contributed by atoms with Crippen molar-refractivity contribution in [2.75, 3.05) is 40.4 Å². The van der Waals surface area contributed by atoms with Crippen LogP contribution in [0.1, 0.15) is 54.2 Å². The molecule has 4 rings (SSSR count). The van der Waals surface area contributed by atoms with Crippen molar-refractivity contribution < 1.29 is 19.1 Å². The monoisotopic (exact) mass is 479 g/mol. The number of likely N-dealkylation sites (tertiary alicyclic amines) is 1. The summed E-state index contributed by atoms with van der Waals surface area (Å²) < 4.78 is 10.9. The number of carbonyl (C=O) groups excluding carboxylic acids is 2. The van der Waals surface area contributed by atoms with Crippen LogP contribution in [0.2, 0.25) is 0 Å². The average Bonchev–Trinajstić information content (AvgIpc) is 3.12. The highest BCUT2D eigenvalue weighted by Gasteiger charge is 2.41. The van der Waals surface area contributed by atoms with Crippen LogP contribution in [-0.4, -0.2) is 62.0 Å². The number of methoxy groups -OCH3 is 2. The molecule has 1 fully saturated rings. The fraction of sp³-hybridized carbons (Fsp3) is 0.500. The number of nitrogens with one attached hydrogen (secondary N) is 1. The van der Waals surface area contributed by atoms with Crippen molar-refractivity contribution >= 4 is 11.8 Å². The first kappa shape index (κ1) is 25.0. The Balaban J connectivity index is 1.46. The fourth-order valence-corrected chi connectivity index (χ4v) is 5.59. The van der Waals surface area contributed by atoms with Gasteiger partial charge < -0.3 is 24.6 Å². The molecule has 2 aliphatic heterocycles. The van der Waals surface area contributed by atoms with E-state index >= 15 is 0 Å². The molecule has 7 nitrogen and oxygen atoms in total. The topological polar surface area (TPSA) is 71.1 Å². The van der Waals surface area contributed by atoms with Gasteiger partial charge in [0.2, 0.25) is 5.91 Å². The van der Waals surface area contributed by atoms with Gasteiger partial charge in [0, 0.05) is 30.8 Å². The van der Waals surface area contributed by atoms with Crippen LogP contribution >= 0.6 is 0 Å². The van der Waals surface area contributed by atoms with Gasteiger partial charge in [0.1, 0.15) is 17.5 Å². The Morgan fingerprint density at radius 1 is 1.06 bits per heavy atom. The van der Waals surface area contributed by atoms with Crippen molar-refractivity contribution in [3.8, 4) is 11.5 Å². The van der Waals surface area contributed by atoms with E-state index in [0.29, 0.717) is 23.6 Å². The molecule has 1 saturated heterocycles. The van der Waals surface area contributed by atoms with Gasteiger partial charge in [-0.2, -0.15) is 0 Å². The lowest BCUT2D eigenvalue weighted by Gasteiger charge is -2.35. The molecule has 188 valence electrons. The van der Waals surface area contributed by atoms with Gasteiger partial charge in [-0.1, -0.05) is 32.0 Å². The van der Waals surface area contributed by atoms with Crippen LogP contribution in [0, 0.1) is 11.8 Å². The first-order valence-electron chi connectivity index (χ1n) is 12.5. The minimum atomic E-state index is -0.676. The maximum atomic E-state index is 13.4. The highest BCUT2D eigenvalue weighted by molar-refractivity contribution is 6.04. The number of fused-ring (bicyclic) bond motifs is 1. The number of piperidine rings is 1. The fourth-order valence-electron chi connectivity index (χ4n) is 5.59. The molecule has 3 atom stereocenters. The number of ether oxygens (including phenoxy) is 2. The van der Waals surface area contributed by atoms with Crippen LogP contribution in [0.3, 0.4) is 0 Å². The predicted octanol–water partition coefficient (Wildman–Crippen LogP) is 3.89. The Hall–Kier alpha value is -3.06. The molecule has 2 aromatic rings. The molecule has 2 aliphatic rings. The lowest BCUT2D eigenvalue weighted by atomic mass is 9.92. The van der Waals surface area contributed by atoms with E-state index in [-0.39, 0.29) is 18.4 Å². The summed E-state index contributed by atoms with van der Waals surface area (Å²) in [4.78, 5) is 30.9. The number of carbonyl (C=O) groups is 2. The molecule has 0 saturated carbocycles. The van der Waals surface area contributed by atoms with E-state index < -0.39 is 6.04 Å². The Labute approximate surface area is 208 Å². The van der Waals surface area contributed by atoms with Crippen LogP contribution in [-0.2, 0) is 11.3 Å². The molecule has 0 aromatic heterocycles. The summed E-state index contributed by atoms with van der Waals surface area (Å²) in [6.45, 7) is 8.67. The summed E-state index contributed by atoms with van der Waals surface area (Å²) in [7, 11) is 3.20. The van der Waals surface area contributed by atoms with Crippen LogP contribution in [0.15, 0.2) is 42.5 Å². The van der Waals surface area contributed by atoms with E-state index in [1.165, 1.54) is 6.42 Å². The molecule has 7 heteroatoms. The minimum absolute atomic E-state index is 0.148. The van der Waals surface area contributed by atoms with Gasteiger partial charge in [0.25, 0.3) is 5.91 Å². The van der Waals surface area contributed by atoms with Gasteiger partial charge >= 0.3 is 0 Å². The van der Waals surface area contributed by atoms with Gasteiger partial charge in [-0.15, -0.1) is 0 Å². The zero-order chi connectivity index (χ0) is 24.9. The second-order valence-electron chi connectivity index (χ2n) is 9.95. The summed E-state index contributed by atoms with van der Waals surface area (Å²) in [6, 6.07) is 12.2. The molecule has 0 aliphatic carbocycles. The van der Waals surface area contributed by atoms with Crippen LogP contribution in [0.25, 0.3) is 0 Å². The van der Waals surface area contributed by atoms with Gasteiger partial charge in [-0.05, 0) is 61.1 Å². The third-order valence-corrected chi connectivity index (χ3v) is 7.03. The van der Waals surface area contributed by atoms with Gasteiger partial charge in [0.05, 0.1) is 20.8 Å². The zero-order valence-electron chi connectivity index (χ0n) is 21.3. The minimum Gasteiger partial charge on any atom is -0.497 e. The van der Waals surface area contributed by atoms with E-state index in [2.05, 4.69) is 24.1 Å². The van der Waals surface area contributed by atoms with Gasteiger partial charge in [0.15, 0.2) is 0 Å². The molecule has 35 heavy (non-hydrogen) atoms. The maximum absolute atomic E-state index is 13.4. The summed E-state index contributed by atoms with van der Waals surface area (Å²) in [5.41, 5.74) is 2.11. The predicted molar refractivity (Wildman–Crippen MR) is 136 cm³/mol. The summed E-state index contributed by atoms with van der Waals surface area (Å²) in [6.07, 6.45) is 2.17.